The van der Waals surface area contributed by atoms with E-state index >= 15 is 0 Å². The summed E-state index contributed by atoms with van der Waals surface area (Å²) in [5, 5.41) is 21.6. The van der Waals surface area contributed by atoms with Gasteiger partial charge in [-0.3, -0.25) is 14.9 Å². The Morgan fingerprint density at radius 1 is 1.00 bits per heavy atom. The third-order valence-electron chi connectivity index (χ3n) is 4.87. The van der Waals surface area contributed by atoms with Crippen molar-refractivity contribution < 1.29 is 19.6 Å². The van der Waals surface area contributed by atoms with Crippen molar-refractivity contribution >= 4 is 17.3 Å². The average molecular weight is 376 g/mol. The van der Waals surface area contributed by atoms with Gasteiger partial charge in [-0.05, 0) is 12.1 Å². The molecule has 3 aromatic carbocycles. The number of fused-ring (bicyclic) bond motifs is 1. The van der Waals surface area contributed by atoms with Crippen molar-refractivity contribution in [3.63, 3.8) is 0 Å². The lowest BCUT2D eigenvalue weighted by Gasteiger charge is -2.30. The fourth-order valence-electron chi connectivity index (χ4n) is 3.54. The number of likely N-dealkylation sites (N-methyl/N-ethyl adjacent to an activating group) is 1. The highest BCUT2D eigenvalue weighted by molar-refractivity contribution is 6.09. The molecule has 1 aliphatic rings. The summed E-state index contributed by atoms with van der Waals surface area (Å²) in [5.74, 6) is -1.12. The van der Waals surface area contributed by atoms with Crippen LogP contribution >= 0.6 is 0 Å². The van der Waals surface area contributed by atoms with Crippen LogP contribution in [0.15, 0.2) is 72.8 Å². The molecule has 0 bridgehead atoms. The Kier molecular flexibility index (Phi) is 4.00. The largest absolute Gasteiger partial charge is 0.500 e. The summed E-state index contributed by atoms with van der Waals surface area (Å²) in [6.07, 6.45) is 0. The molecule has 1 N–H and O–H groups in total. The minimum Gasteiger partial charge on any atom is -0.500 e. The van der Waals surface area contributed by atoms with E-state index in [1.165, 1.54) is 23.1 Å². The molecule has 0 aliphatic carbocycles. The summed E-state index contributed by atoms with van der Waals surface area (Å²) >= 11 is 0. The number of para-hydroxylation sites is 2. The number of carbonyl (C=O) groups is 1. The Morgan fingerprint density at radius 3 is 2.39 bits per heavy atom. The number of aromatic hydroxyl groups is 1. The number of amides is 1. The standard InChI is InChI=1S/C21H16N2O5/c1-22-16-11-6-5-10-15(16)21(20(22)25,14-8-3-2-4-9-14)28-18-13-7-12-17(19(18)24)23(26)27/h2-13,24H,1H3/t21-/m1/s1. The van der Waals surface area contributed by atoms with Crippen LogP contribution in [0, 0.1) is 10.1 Å². The number of carbonyl (C=O) groups excluding carboxylic acids is 1. The molecule has 0 aromatic heterocycles. The van der Waals surface area contributed by atoms with E-state index in [2.05, 4.69) is 0 Å². The molecule has 1 amide bonds. The van der Waals surface area contributed by atoms with Crippen LogP contribution in [-0.2, 0) is 10.4 Å². The summed E-state index contributed by atoms with van der Waals surface area (Å²) in [7, 11) is 1.64. The van der Waals surface area contributed by atoms with Gasteiger partial charge in [0.2, 0.25) is 11.4 Å². The van der Waals surface area contributed by atoms with Crippen molar-refractivity contribution in [1.82, 2.24) is 0 Å². The first-order valence-electron chi connectivity index (χ1n) is 8.55. The smallest absolute Gasteiger partial charge is 0.314 e. The molecule has 0 radical (unpaired) electrons. The fraction of sp³-hybridized carbons (Fsp3) is 0.0952. The van der Waals surface area contributed by atoms with Crippen LogP contribution in [-0.4, -0.2) is 23.0 Å². The number of hydrogen-bond acceptors (Lipinski definition) is 5. The van der Waals surface area contributed by atoms with Crippen molar-refractivity contribution in [3.8, 4) is 11.5 Å². The Morgan fingerprint density at radius 2 is 1.68 bits per heavy atom. The minimum absolute atomic E-state index is 0.142. The molecule has 1 aliphatic heterocycles. The van der Waals surface area contributed by atoms with Gasteiger partial charge in [0.1, 0.15) is 0 Å². The van der Waals surface area contributed by atoms with Gasteiger partial charge in [-0.2, -0.15) is 0 Å². The fourth-order valence-corrected chi connectivity index (χ4v) is 3.54. The summed E-state index contributed by atoms with van der Waals surface area (Å²) in [4.78, 5) is 25.4. The molecule has 7 heteroatoms. The van der Waals surface area contributed by atoms with E-state index in [0.29, 0.717) is 16.8 Å². The highest BCUT2D eigenvalue weighted by Gasteiger charge is 2.54. The topological polar surface area (TPSA) is 92.9 Å². The molecule has 3 aromatic rings. The monoisotopic (exact) mass is 376 g/mol. The molecular formula is C21H16N2O5. The van der Waals surface area contributed by atoms with Crippen LogP contribution < -0.4 is 9.64 Å². The number of rotatable bonds is 4. The molecule has 4 rings (SSSR count). The van der Waals surface area contributed by atoms with Gasteiger partial charge in [-0.25, -0.2) is 0 Å². The second-order valence-electron chi connectivity index (χ2n) is 6.41. The summed E-state index contributed by atoms with van der Waals surface area (Å²) in [6, 6.07) is 20.0. The highest BCUT2D eigenvalue weighted by Crippen LogP contribution is 2.48. The van der Waals surface area contributed by atoms with Gasteiger partial charge >= 0.3 is 5.69 Å². The van der Waals surface area contributed by atoms with E-state index in [9.17, 15) is 20.0 Å². The Balaban J connectivity index is 1.97. The van der Waals surface area contributed by atoms with E-state index in [-0.39, 0.29) is 11.7 Å². The molecule has 7 nitrogen and oxygen atoms in total. The van der Waals surface area contributed by atoms with Gasteiger partial charge < -0.3 is 14.7 Å². The second-order valence-corrected chi connectivity index (χ2v) is 6.41. The third-order valence-corrected chi connectivity index (χ3v) is 4.87. The first-order chi connectivity index (χ1) is 13.5. The van der Waals surface area contributed by atoms with E-state index in [4.69, 9.17) is 4.74 Å². The number of nitro groups is 1. The zero-order chi connectivity index (χ0) is 19.9. The molecule has 0 saturated carbocycles. The molecule has 28 heavy (non-hydrogen) atoms. The first-order valence-corrected chi connectivity index (χ1v) is 8.55. The van der Waals surface area contributed by atoms with Crippen molar-refractivity contribution in [1.29, 1.82) is 0 Å². The summed E-state index contributed by atoms with van der Waals surface area (Å²) < 4.78 is 6.13. The molecule has 1 heterocycles. The number of phenolic OH excluding ortho intramolecular Hbond substituents is 1. The Labute approximate surface area is 160 Å². The maximum Gasteiger partial charge on any atom is 0.314 e. The van der Waals surface area contributed by atoms with Crippen molar-refractivity contribution in [2.45, 2.75) is 5.60 Å². The zero-order valence-electron chi connectivity index (χ0n) is 14.9. The molecule has 0 spiro atoms. The molecule has 0 unspecified atom stereocenters. The van der Waals surface area contributed by atoms with Crippen molar-refractivity contribution in [2.75, 3.05) is 11.9 Å². The van der Waals surface area contributed by atoms with Crippen LogP contribution in [0.4, 0.5) is 11.4 Å². The maximum absolute atomic E-state index is 13.4. The van der Waals surface area contributed by atoms with Crippen LogP contribution in [0.5, 0.6) is 11.5 Å². The van der Waals surface area contributed by atoms with Crippen LogP contribution in [0.25, 0.3) is 0 Å². The lowest BCUT2D eigenvalue weighted by atomic mass is 9.87. The average Bonchev–Trinajstić information content (AvgIpc) is 2.93. The lowest BCUT2D eigenvalue weighted by molar-refractivity contribution is -0.386. The number of nitrogens with zero attached hydrogens (tertiary/aromatic N) is 2. The zero-order valence-corrected chi connectivity index (χ0v) is 14.9. The van der Waals surface area contributed by atoms with Gasteiger partial charge in [0.05, 0.1) is 10.6 Å². The number of hydrogen-bond donors (Lipinski definition) is 1. The Hall–Kier alpha value is -3.87. The van der Waals surface area contributed by atoms with Crippen molar-refractivity contribution in [3.05, 3.63) is 94.0 Å². The van der Waals surface area contributed by atoms with Gasteiger partial charge in [0.15, 0.2) is 5.75 Å². The van der Waals surface area contributed by atoms with Crippen LogP contribution in [0.1, 0.15) is 11.1 Å². The predicted octanol–water partition coefficient (Wildman–Crippen LogP) is 3.60. The van der Waals surface area contributed by atoms with E-state index in [1.54, 1.807) is 49.5 Å². The highest BCUT2D eigenvalue weighted by atomic mass is 16.6. The lowest BCUT2D eigenvalue weighted by Crippen LogP contribution is -2.44. The van der Waals surface area contributed by atoms with Crippen LogP contribution in [0.3, 0.4) is 0 Å². The normalized spacial score (nSPS) is 18.0. The first kappa shape index (κ1) is 17.5. The number of phenols is 1. The molecule has 0 fully saturated rings. The number of benzene rings is 3. The van der Waals surface area contributed by atoms with E-state index in [1.807, 2.05) is 12.1 Å². The molecular weight excluding hydrogens is 360 g/mol. The number of anilines is 1. The van der Waals surface area contributed by atoms with Gasteiger partial charge in [0, 0.05) is 24.2 Å². The quantitative estimate of drug-likeness (QED) is 0.555. The minimum atomic E-state index is -1.57. The molecule has 0 saturated heterocycles. The number of nitro benzene ring substituents is 1. The van der Waals surface area contributed by atoms with Gasteiger partial charge in [-0.1, -0.05) is 54.6 Å². The third kappa shape index (κ3) is 2.40. The van der Waals surface area contributed by atoms with Gasteiger partial charge in [0.25, 0.3) is 5.91 Å². The number of ether oxygens (including phenoxy) is 1. The van der Waals surface area contributed by atoms with Crippen LogP contribution in [0.2, 0.25) is 0 Å². The van der Waals surface area contributed by atoms with Gasteiger partial charge in [-0.15, -0.1) is 0 Å². The second kappa shape index (κ2) is 6.38. The SMILES string of the molecule is CN1C(=O)[C@@](Oc2cccc([N+](=O)[O-])c2O)(c2ccccc2)c2ccccc21. The van der Waals surface area contributed by atoms with E-state index in [0.717, 1.165) is 0 Å². The molecule has 140 valence electrons. The summed E-state index contributed by atoms with van der Waals surface area (Å²) in [6.45, 7) is 0. The molecule has 1 atom stereocenters. The maximum atomic E-state index is 13.4. The Bertz CT molecular complexity index is 1080. The summed E-state index contributed by atoms with van der Waals surface area (Å²) in [5.41, 5.74) is -0.240. The van der Waals surface area contributed by atoms with Crippen molar-refractivity contribution in [2.24, 2.45) is 0 Å². The van der Waals surface area contributed by atoms with E-state index < -0.39 is 22.0 Å². The predicted molar refractivity (Wildman–Crippen MR) is 102 cm³/mol.